The van der Waals surface area contributed by atoms with E-state index in [1.165, 1.54) is 5.56 Å². The highest BCUT2D eigenvalue weighted by Crippen LogP contribution is 2.38. The Bertz CT molecular complexity index is 621. The molecular formula is C15H20N6. The van der Waals surface area contributed by atoms with Crippen molar-refractivity contribution in [1.29, 1.82) is 0 Å². The minimum atomic E-state index is -0.0515. The highest BCUT2D eigenvalue weighted by molar-refractivity contribution is 5.34. The molecule has 1 fully saturated rings. The summed E-state index contributed by atoms with van der Waals surface area (Å²) in [4.78, 5) is 16.9. The second-order valence-electron chi connectivity index (χ2n) is 6.12. The molecule has 1 aliphatic rings. The summed E-state index contributed by atoms with van der Waals surface area (Å²) < 4.78 is 0. The molecule has 1 saturated carbocycles. The van der Waals surface area contributed by atoms with Crippen molar-refractivity contribution in [2.24, 2.45) is 0 Å². The fourth-order valence-electron chi connectivity index (χ4n) is 2.22. The second-order valence-corrected chi connectivity index (χ2v) is 6.12. The van der Waals surface area contributed by atoms with E-state index in [0.29, 0.717) is 18.4 Å². The van der Waals surface area contributed by atoms with Gasteiger partial charge in [-0.3, -0.25) is 4.98 Å². The van der Waals surface area contributed by atoms with Crippen molar-refractivity contribution in [2.75, 3.05) is 17.6 Å². The third-order valence-corrected chi connectivity index (χ3v) is 3.76. The average molecular weight is 284 g/mol. The molecule has 6 heteroatoms. The van der Waals surface area contributed by atoms with Crippen molar-refractivity contribution >= 4 is 11.9 Å². The maximum absolute atomic E-state index is 5.76. The van der Waals surface area contributed by atoms with Crippen LogP contribution in [-0.2, 0) is 5.41 Å². The highest BCUT2D eigenvalue weighted by Gasteiger charge is 2.28. The third kappa shape index (κ3) is 3.26. The van der Waals surface area contributed by atoms with Crippen molar-refractivity contribution in [1.82, 2.24) is 19.9 Å². The number of anilines is 2. The Balaban J connectivity index is 1.72. The molecule has 6 nitrogen and oxygen atoms in total. The van der Waals surface area contributed by atoms with E-state index in [-0.39, 0.29) is 11.4 Å². The molecule has 0 bridgehead atoms. The number of nitrogen functional groups attached to an aromatic ring is 1. The number of hydrogen-bond donors (Lipinski definition) is 2. The highest BCUT2D eigenvalue weighted by atomic mass is 15.2. The van der Waals surface area contributed by atoms with Gasteiger partial charge in [-0.05, 0) is 30.5 Å². The van der Waals surface area contributed by atoms with Gasteiger partial charge in [0.15, 0.2) is 0 Å². The number of nitrogens with two attached hydrogens (primary N) is 1. The molecule has 2 heterocycles. The molecule has 3 rings (SSSR count). The Morgan fingerprint density at radius 2 is 1.90 bits per heavy atom. The monoisotopic (exact) mass is 284 g/mol. The molecular weight excluding hydrogens is 264 g/mol. The summed E-state index contributed by atoms with van der Waals surface area (Å²) in [7, 11) is 0. The van der Waals surface area contributed by atoms with E-state index in [0.717, 1.165) is 18.7 Å². The summed E-state index contributed by atoms with van der Waals surface area (Å²) in [5.41, 5.74) is 6.93. The van der Waals surface area contributed by atoms with Crippen molar-refractivity contribution in [2.45, 2.75) is 38.0 Å². The first-order valence-electron chi connectivity index (χ1n) is 7.20. The van der Waals surface area contributed by atoms with E-state index in [1.54, 1.807) is 0 Å². The van der Waals surface area contributed by atoms with Crippen molar-refractivity contribution in [3.05, 3.63) is 35.9 Å². The molecule has 0 atom stereocenters. The Kier molecular flexibility index (Phi) is 3.45. The van der Waals surface area contributed by atoms with Crippen LogP contribution in [0.1, 0.15) is 44.0 Å². The van der Waals surface area contributed by atoms with Crippen LogP contribution in [0.15, 0.2) is 24.5 Å². The molecule has 1 aliphatic carbocycles. The average Bonchev–Trinajstić information content (AvgIpc) is 3.30. The number of rotatable bonds is 5. The zero-order valence-electron chi connectivity index (χ0n) is 12.4. The Labute approximate surface area is 124 Å². The van der Waals surface area contributed by atoms with Gasteiger partial charge in [0.2, 0.25) is 11.9 Å². The zero-order valence-corrected chi connectivity index (χ0v) is 12.4. The fraction of sp³-hybridized carbons (Fsp3) is 0.467. The maximum atomic E-state index is 5.76. The van der Waals surface area contributed by atoms with E-state index < -0.39 is 0 Å². The van der Waals surface area contributed by atoms with Gasteiger partial charge in [-0.15, -0.1) is 0 Å². The smallest absolute Gasteiger partial charge is 0.227 e. The number of nitrogens with one attached hydrogen (secondary N) is 1. The molecule has 0 spiro atoms. The van der Waals surface area contributed by atoms with Gasteiger partial charge >= 0.3 is 0 Å². The number of nitrogens with zero attached hydrogens (tertiary/aromatic N) is 4. The first kappa shape index (κ1) is 13.7. The predicted octanol–water partition coefficient (Wildman–Crippen LogP) is 2.12. The molecule has 110 valence electrons. The van der Waals surface area contributed by atoms with Crippen LogP contribution in [0.3, 0.4) is 0 Å². The quantitative estimate of drug-likeness (QED) is 0.874. The van der Waals surface area contributed by atoms with E-state index in [9.17, 15) is 0 Å². The van der Waals surface area contributed by atoms with Gasteiger partial charge in [0.25, 0.3) is 0 Å². The van der Waals surface area contributed by atoms with Crippen LogP contribution in [0.25, 0.3) is 0 Å². The van der Waals surface area contributed by atoms with Gasteiger partial charge in [0, 0.05) is 30.3 Å². The SMILES string of the molecule is CC(C)(CNc1nc(N)nc(C2CC2)n1)c1ccncc1. The summed E-state index contributed by atoms with van der Waals surface area (Å²) in [6, 6.07) is 4.05. The number of aromatic nitrogens is 4. The van der Waals surface area contributed by atoms with Gasteiger partial charge in [-0.1, -0.05) is 13.8 Å². The second kappa shape index (κ2) is 5.27. The first-order chi connectivity index (χ1) is 10.0. The summed E-state index contributed by atoms with van der Waals surface area (Å²) in [5.74, 6) is 2.12. The molecule has 2 aromatic heterocycles. The summed E-state index contributed by atoms with van der Waals surface area (Å²) in [6.07, 6.45) is 5.91. The normalized spacial score (nSPS) is 15.0. The molecule has 0 unspecified atom stereocenters. The van der Waals surface area contributed by atoms with Crippen LogP contribution in [-0.4, -0.2) is 26.5 Å². The van der Waals surface area contributed by atoms with Crippen LogP contribution in [0.4, 0.5) is 11.9 Å². The maximum Gasteiger partial charge on any atom is 0.227 e. The van der Waals surface area contributed by atoms with Crippen LogP contribution >= 0.6 is 0 Å². The van der Waals surface area contributed by atoms with E-state index >= 15 is 0 Å². The van der Waals surface area contributed by atoms with Crippen LogP contribution in [0.2, 0.25) is 0 Å². The van der Waals surface area contributed by atoms with E-state index in [4.69, 9.17) is 5.73 Å². The largest absolute Gasteiger partial charge is 0.368 e. The first-order valence-corrected chi connectivity index (χ1v) is 7.20. The van der Waals surface area contributed by atoms with Crippen LogP contribution in [0.5, 0.6) is 0 Å². The standard InChI is InChI=1S/C15H20N6/c1-15(2,11-5-7-17-8-6-11)9-18-14-20-12(10-3-4-10)19-13(16)21-14/h5-8,10H,3-4,9H2,1-2H3,(H3,16,18,19,20,21). The lowest BCUT2D eigenvalue weighted by atomic mass is 9.85. The van der Waals surface area contributed by atoms with Crippen molar-refractivity contribution < 1.29 is 0 Å². The molecule has 0 aliphatic heterocycles. The Morgan fingerprint density at radius 1 is 1.19 bits per heavy atom. The zero-order chi connectivity index (χ0) is 14.9. The van der Waals surface area contributed by atoms with Crippen LogP contribution in [0, 0.1) is 0 Å². The number of pyridine rings is 1. The fourth-order valence-corrected chi connectivity index (χ4v) is 2.22. The van der Waals surface area contributed by atoms with Crippen molar-refractivity contribution in [3.8, 4) is 0 Å². The predicted molar refractivity (Wildman–Crippen MR) is 82.0 cm³/mol. The molecule has 21 heavy (non-hydrogen) atoms. The summed E-state index contributed by atoms with van der Waals surface area (Å²) >= 11 is 0. The minimum Gasteiger partial charge on any atom is -0.368 e. The van der Waals surface area contributed by atoms with Gasteiger partial charge in [0.1, 0.15) is 5.82 Å². The van der Waals surface area contributed by atoms with Crippen LogP contribution < -0.4 is 11.1 Å². The Hall–Kier alpha value is -2.24. The lowest BCUT2D eigenvalue weighted by molar-refractivity contribution is 0.554. The topological polar surface area (TPSA) is 89.6 Å². The number of hydrogen-bond acceptors (Lipinski definition) is 6. The summed E-state index contributed by atoms with van der Waals surface area (Å²) in [6.45, 7) is 5.05. The molecule has 0 radical (unpaired) electrons. The van der Waals surface area contributed by atoms with Gasteiger partial charge < -0.3 is 11.1 Å². The van der Waals surface area contributed by atoms with Gasteiger partial charge in [0.05, 0.1) is 0 Å². The third-order valence-electron chi connectivity index (χ3n) is 3.76. The molecule has 3 N–H and O–H groups in total. The molecule has 2 aromatic rings. The summed E-state index contributed by atoms with van der Waals surface area (Å²) in [5, 5.41) is 3.28. The Morgan fingerprint density at radius 3 is 2.57 bits per heavy atom. The van der Waals surface area contributed by atoms with Gasteiger partial charge in [-0.25, -0.2) is 0 Å². The lowest BCUT2D eigenvalue weighted by Gasteiger charge is -2.25. The van der Waals surface area contributed by atoms with E-state index in [1.807, 2.05) is 24.5 Å². The molecule has 0 saturated heterocycles. The van der Waals surface area contributed by atoms with E-state index in [2.05, 4.69) is 39.1 Å². The molecule has 0 amide bonds. The minimum absolute atomic E-state index is 0.0515. The lowest BCUT2D eigenvalue weighted by Crippen LogP contribution is -2.28. The van der Waals surface area contributed by atoms with Gasteiger partial charge in [-0.2, -0.15) is 15.0 Å². The molecule has 0 aromatic carbocycles. The van der Waals surface area contributed by atoms with Crippen molar-refractivity contribution in [3.63, 3.8) is 0 Å².